The van der Waals surface area contributed by atoms with E-state index < -0.39 is 0 Å². The number of aliphatic hydroxyl groups excluding tert-OH is 1. The third kappa shape index (κ3) is 4.35. The predicted molar refractivity (Wildman–Crippen MR) is 126 cm³/mol. The molecule has 1 aliphatic heterocycles. The van der Waals surface area contributed by atoms with Crippen molar-refractivity contribution in [3.8, 4) is 11.3 Å². The molecule has 0 radical (unpaired) electrons. The Hall–Kier alpha value is -2.19. The number of anilines is 1. The van der Waals surface area contributed by atoms with Crippen molar-refractivity contribution in [2.75, 3.05) is 18.0 Å². The molecule has 1 fully saturated rings. The average molecular weight is 476 g/mol. The predicted octanol–water partition coefficient (Wildman–Crippen LogP) is 4.42. The summed E-state index contributed by atoms with van der Waals surface area (Å²) in [6.07, 6.45) is 5.72. The van der Waals surface area contributed by atoms with Gasteiger partial charge in [-0.2, -0.15) is 0 Å². The molecule has 1 atom stereocenters. The van der Waals surface area contributed by atoms with Gasteiger partial charge in [0.1, 0.15) is 11.5 Å². The zero-order chi connectivity index (χ0) is 22.9. The summed E-state index contributed by atoms with van der Waals surface area (Å²) in [6, 6.07) is 5.42. The van der Waals surface area contributed by atoms with Gasteiger partial charge in [-0.25, -0.2) is 15.0 Å². The van der Waals surface area contributed by atoms with Gasteiger partial charge in [-0.1, -0.05) is 35.3 Å². The lowest BCUT2D eigenvalue weighted by molar-refractivity contribution is 0.164. The minimum absolute atomic E-state index is 0.00669. The Bertz CT molecular complexity index is 1080. The summed E-state index contributed by atoms with van der Waals surface area (Å²) in [6.45, 7) is 5.24. The number of nitrogens with two attached hydrogens (primary N) is 1. The van der Waals surface area contributed by atoms with Gasteiger partial charge in [0.05, 0.1) is 34.2 Å². The molecule has 170 valence electrons. The van der Waals surface area contributed by atoms with Crippen molar-refractivity contribution in [1.82, 2.24) is 15.0 Å². The van der Waals surface area contributed by atoms with Crippen LogP contribution in [-0.4, -0.2) is 39.2 Å². The molecule has 3 N–H and O–H groups in total. The molecule has 4 rings (SSSR count). The molecule has 1 saturated heterocycles. The van der Waals surface area contributed by atoms with Crippen molar-refractivity contribution in [1.29, 1.82) is 0 Å². The molecule has 3 aromatic rings. The molecule has 0 unspecified atom stereocenters. The topological polar surface area (TPSA) is 101 Å². The lowest BCUT2D eigenvalue weighted by Crippen LogP contribution is -2.50. The summed E-state index contributed by atoms with van der Waals surface area (Å²) in [5.74, 6) is 1.55. The Labute approximate surface area is 197 Å². The highest BCUT2D eigenvalue weighted by Crippen LogP contribution is 2.40. The first-order valence-corrected chi connectivity index (χ1v) is 11.4. The zero-order valence-corrected chi connectivity index (χ0v) is 19.7. The fraction of sp³-hybridized carbons (Fsp3) is 0.435. The molecular formula is C23H27Cl2N5O2. The molecule has 0 bridgehead atoms. The second kappa shape index (κ2) is 9.35. The van der Waals surface area contributed by atoms with Crippen LogP contribution >= 0.6 is 23.2 Å². The van der Waals surface area contributed by atoms with E-state index in [2.05, 4.69) is 16.8 Å². The average Bonchev–Trinajstić information content (AvgIpc) is 3.29. The first kappa shape index (κ1) is 23.0. The van der Waals surface area contributed by atoms with Gasteiger partial charge in [-0.15, -0.1) is 0 Å². The summed E-state index contributed by atoms with van der Waals surface area (Å²) >= 11 is 12.6. The fourth-order valence-corrected chi connectivity index (χ4v) is 4.87. The van der Waals surface area contributed by atoms with Crippen LogP contribution in [-0.2, 0) is 13.0 Å². The highest BCUT2D eigenvalue weighted by Gasteiger charge is 2.39. The highest BCUT2D eigenvalue weighted by atomic mass is 35.5. The maximum absolute atomic E-state index is 10.1. The number of hydrogen-bond donors (Lipinski definition) is 2. The van der Waals surface area contributed by atoms with E-state index in [0.29, 0.717) is 32.8 Å². The molecule has 0 spiro atoms. The van der Waals surface area contributed by atoms with Gasteiger partial charge in [0.15, 0.2) is 12.2 Å². The molecule has 3 heterocycles. The summed E-state index contributed by atoms with van der Waals surface area (Å²) in [7, 11) is 0. The van der Waals surface area contributed by atoms with Crippen molar-refractivity contribution in [2.24, 2.45) is 11.1 Å². The number of halogens is 2. The molecule has 0 saturated carbocycles. The number of aliphatic hydroxyl groups is 1. The number of piperidine rings is 1. The standard InChI is InChI=1S/C23H27Cl2N5O2/c1-14-21(17-4-3-5-18(24)20(17)25)29-19(12-31)22(28-14)30-8-6-23(7-9-30,15(2)26)10-16-11-27-13-32-16/h3-5,11,13,15,31H,6-10,12,26H2,1-2H3/t15-/m0/s1. The first-order valence-electron chi connectivity index (χ1n) is 10.7. The lowest BCUT2D eigenvalue weighted by atomic mass is 9.70. The number of rotatable bonds is 6. The monoisotopic (exact) mass is 475 g/mol. The van der Waals surface area contributed by atoms with Gasteiger partial charge in [0, 0.05) is 31.1 Å². The Balaban J connectivity index is 1.61. The smallest absolute Gasteiger partial charge is 0.180 e. The minimum Gasteiger partial charge on any atom is -0.449 e. The Morgan fingerprint density at radius 3 is 2.62 bits per heavy atom. The number of aromatic nitrogens is 3. The van der Waals surface area contributed by atoms with Crippen molar-refractivity contribution in [2.45, 2.75) is 45.8 Å². The van der Waals surface area contributed by atoms with E-state index in [1.165, 1.54) is 6.39 Å². The van der Waals surface area contributed by atoms with Crippen molar-refractivity contribution >= 4 is 29.0 Å². The van der Waals surface area contributed by atoms with Crippen molar-refractivity contribution in [3.63, 3.8) is 0 Å². The van der Waals surface area contributed by atoms with Crippen LogP contribution in [0.2, 0.25) is 10.0 Å². The lowest BCUT2D eigenvalue weighted by Gasteiger charge is -2.44. The minimum atomic E-state index is -0.221. The van der Waals surface area contributed by atoms with E-state index in [9.17, 15) is 5.11 Å². The second-order valence-corrected chi connectivity index (χ2v) is 9.26. The summed E-state index contributed by atoms with van der Waals surface area (Å²) in [5, 5.41) is 10.9. The van der Waals surface area contributed by atoms with Crippen LogP contribution in [0.25, 0.3) is 11.3 Å². The molecule has 1 aromatic carbocycles. The quantitative estimate of drug-likeness (QED) is 0.543. The number of oxazole rings is 1. The van der Waals surface area contributed by atoms with Crippen LogP contribution in [0.5, 0.6) is 0 Å². The van der Waals surface area contributed by atoms with E-state index in [1.807, 2.05) is 19.1 Å². The summed E-state index contributed by atoms with van der Waals surface area (Å²) in [5.41, 5.74) is 8.92. The van der Waals surface area contributed by atoms with E-state index in [-0.39, 0.29) is 18.1 Å². The van der Waals surface area contributed by atoms with Gasteiger partial charge in [-0.3, -0.25) is 0 Å². The van der Waals surface area contributed by atoms with Crippen LogP contribution in [0.1, 0.15) is 36.9 Å². The number of benzene rings is 1. The fourth-order valence-electron chi connectivity index (χ4n) is 4.48. The van der Waals surface area contributed by atoms with Crippen LogP contribution in [0.3, 0.4) is 0 Å². The summed E-state index contributed by atoms with van der Waals surface area (Å²) < 4.78 is 5.49. The maximum atomic E-state index is 10.1. The second-order valence-electron chi connectivity index (χ2n) is 8.47. The van der Waals surface area contributed by atoms with Crippen LogP contribution in [0.15, 0.2) is 35.2 Å². The molecule has 0 aliphatic carbocycles. The van der Waals surface area contributed by atoms with Gasteiger partial charge >= 0.3 is 0 Å². The molecule has 9 heteroatoms. The van der Waals surface area contributed by atoms with Crippen molar-refractivity contribution in [3.05, 3.63) is 58.0 Å². The molecule has 32 heavy (non-hydrogen) atoms. The number of aryl methyl sites for hydroxylation is 1. The maximum Gasteiger partial charge on any atom is 0.180 e. The molecule has 7 nitrogen and oxygen atoms in total. The van der Waals surface area contributed by atoms with Gasteiger partial charge < -0.3 is 20.2 Å². The van der Waals surface area contributed by atoms with E-state index in [4.69, 9.17) is 43.3 Å². The van der Waals surface area contributed by atoms with Crippen LogP contribution < -0.4 is 10.6 Å². The Kier molecular flexibility index (Phi) is 6.72. The Morgan fingerprint density at radius 2 is 2.00 bits per heavy atom. The molecular weight excluding hydrogens is 449 g/mol. The zero-order valence-electron chi connectivity index (χ0n) is 18.2. The van der Waals surface area contributed by atoms with Gasteiger partial charge in [0.25, 0.3) is 0 Å². The van der Waals surface area contributed by atoms with Gasteiger partial charge in [-0.05, 0) is 38.2 Å². The van der Waals surface area contributed by atoms with Crippen molar-refractivity contribution < 1.29 is 9.52 Å². The normalized spacial score (nSPS) is 16.9. The first-order chi connectivity index (χ1) is 15.3. The van der Waals surface area contributed by atoms with E-state index in [1.54, 1.807) is 12.3 Å². The molecule has 0 amide bonds. The highest BCUT2D eigenvalue weighted by molar-refractivity contribution is 6.43. The summed E-state index contributed by atoms with van der Waals surface area (Å²) in [4.78, 5) is 15.8. The SMILES string of the molecule is Cc1nc(N2CCC(Cc3cnco3)([C@H](C)N)CC2)c(CO)nc1-c1cccc(Cl)c1Cl. The largest absolute Gasteiger partial charge is 0.449 e. The molecule has 1 aliphatic rings. The number of nitrogens with zero attached hydrogens (tertiary/aromatic N) is 4. The third-order valence-electron chi connectivity index (χ3n) is 6.51. The van der Waals surface area contributed by atoms with Crippen LogP contribution in [0.4, 0.5) is 5.82 Å². The third-order valence-corrected chi connectivity index (χ3v) is 7.33. The number of hydrogen-bond acceptors (Lipinski definition) is 7. The molecule has 2 aromatic heterocycles. The van der Waals surface area contributed by atoms with E-state index in [0.717, 1.165) is 43.8 Å². The Morgan fingerprint density at radius 1 is 1.25 bits per heavy atom. The van der Waals surface area contributed by atoms with E-state index >= 15 is 0 Å². The van der Waals surface area contributed by atoms with Gasteiger partial charge in [0.2, 0.25) is 0 Å². The van der Waals surface area contributed by atoms with Crippen LogP contribution in [0, 0.1) is 12.3 Å².